The lowest BCUT2D eigenvalue weighted by molar-refractivity contribution is -0.137. The molecule has 2 aromatic carbocycles. The highest BCUT2D eigenvalue weighted by molar-refractivity contribution is 5.91. The molecule has 0 bridgehead atoms. The Bertz CT molecular complexity index is 707. The number of esters is 1. The van der Waals surface area contributed by atoms with Crippen LogP contribution in [0.2, 0.25) is 0 Å². The molecule has 0 aliphatic heterocycles. The zero-order valence-electron chi connectivity index (χ0n) is 12.0. The Morgan fingerprint density at radius 1 is 0.957 bits per heavy atom. The first-order valence-electron chi connectivity index (χ1n) is 6.53. The highest BCUT2D eigenvalue weighted by atomic mass is 19.4. The molecule has 0 radical (unpaired) electrons. The third-order valence-corrected chi connectivity index (χ3v) is 2.83. The first kappa shape index (κ1) is 16.5. The van der Waals surface area contributed by atoms with Crippen LogP contribution in [-0.4, -0.2) is 11.9 Å². The Morgan fingerprint density at radius 2 is 1.52 bits per heavy atom. The lowest BCUT2D eigenvalue weighted by Gasteiger charge is -2.08. The van der Waals surface area contributed by atoms with Crippen molar-refractivity contribution in [1.82, 2.24) is 0 Å². The Labute approximate surface area is 129 Å². The second-order valence-corrected chi connectivity index (χ2v) is 4.67. The molecule has 2 aromatic rings. The Balaban J connectivity index is 2.05. The van der Waals surface area contributed by atoms with Crippen LogP contribution in [0.4, 0.5) is 18.9 Å². The van der Waals surface area contributed by atoms with Gasteiger partial charge in [-0.1, -0.05) is 0 Å². The van der Waals surface area contributed by atoms with Gasteiger partial charge in [-0.15, -0.1) is 0 Å². The van der Waals surface area contributed by atoms with Gasteiger partial charge in [-0.05, 0) is 48.5 Å². The fourth-order valence-electron chi connectivity index (χ4n) is 1.77. The molecule has 0 atom stereocenters. The van der Waals surface area contributed by atoms with E-state index in [0.717, 1.165) is 24.3 Å². The molecule has 0 saturated heterocycles. The highest BCUT2D eigenvalue weighted by Crippen LogP contribution is 2.29. The number of halogens is 3. The van der Waals surface area contributed by atoms with Crippen LogP contribution in [0.1, 0.15) is 22.8 Å². The number of rotatable bonds is 3. The number of hydrogen-bond acceptors (Lipinski definition) is 3. The van der Waals surface area contributed by atoms with Crippen molar-refractivity contribution in [3.63, 3.8) is 0 Å². The van der Waals surface area contributed by atoms with Crippen molar-refractivity contribution in [1.29, 1.82) is 0 Å². The Hall–Kier alpha value is -2.83. The minimum Gasteiger partial charge on any atom is -0.423 e. The molecule has 23 heavy (non-hydrogen) atoms. The van der Waals surface area contributed by atoms with Gasteiger partial charge in [-0.3, -0.25) is 4.79 Å². The number of nitrogens with one attached hydrogen (secondary N) is 1. The number of benzene rings is 2. The van der Waals surface area contributed by atoms with E-state index in [2.05, 4.69) is 5.32 Å². The molecule has 0 fully saturated rings. The maximum atomic E-state index is 12.4. The number of carbonyl (C=O) groups excluding carboxylic acids is 2. The quantitative estimate of drug-likeness (QED) is 0.689. The third-order valence-electron chi connectivity index (χ3n) is 2.83. The summed E-state index contributed by atoms with van der Waals surface area (Å²) in [6.07, 6.45) is -4.46. The zero-order valence-corrected chi connectivity index (χ0v) is 12.0. The van der Waals surface area contributed by atoms with Gasteiger partial charge in [-0.2, -0.15) is 13.2 Å². The van der Waals surface area contributed by atoms with Crippen molar-refractivity contribution >= 4 is 17.6 Å². The van der Waals surface area contributed by atoms with Crippen LogP contribution in [-0.2, 0) is 11.0 Å². The van der Waals surface area contributed by atoms with E-state index in [9.17, 15) is 22.8 Å². The molecule has 0 saturated carbocycles. The lowest BCUT2D eigenvalue weighted by Crippen LogP contribution is -2.10. The summed E-state index contributed by atoms with van der Waals surface area (Å²) in [7, 11) is 0. The number of alkyl halides is 3. The van der Waals surface area contributed by atoms with E-state index in [1.54, 1.807) is 0 Å². The first-order chi connectivity index (χ1) is 10.8. The topological polar surface area (TPSA) is 55.4 Å². The fourth-order valence-corrected chi connectivity index (χ4v) is 1.77. The van der Waals surface area contributed by atoms with Crippen LogP contribution in [0, 0.1) is 0 Å². The molecule has 1 N–H and O–H groups in total. The lowest BCUT2D eigenvalue weighted by atomic mass is 10.1. The van der Waals surface area contributed by atoms with E-state index >= 15 is 0 Å². The average molecular weight is 323 g/mol. The molecule has 0 aliphatic carbocycles. The summed E-state index contributed by atoms with van der Waals surface area (Å²) in [6, 6.07) is 9.74. The fraction of sp³-hybridized carbons (Fsp3) is 0.125. The van der Waals surface area contributed by atoms with E-state index < -0.39 is 17.7 Å². The summed E-state index contributed by atoms with van der Waals surface area (Å²) in [5, 5.41) is 2.55. The summed E-state index contributed by atoms with van der Waals surface area (Å²) in [4.78, 5) is 22.7. The first-order valence-corrected chi connectivity index (χ1v) is 6.53. The van der Waals surface area contributed by atoms with E-state index in [4.69, 9.17) is 4.74 Å². The Morgan fingerprint density at radius 3 is 2.00 bits per heavy atom. The molecule has 1 amide bonds. The second kappa shape index (κ2) is 6.51. The maximum Gasteiger partial charge on any atom is 0.416 e. The zero-order chi connectivity index (χ0) is 17.0. The average Bonchev–Trinajstić information content (AvgIpc) is 2.48. The molecular formula is C16H12F3NO3. The molecule has 0 spiro atoms. The molecule has 2 rings (SSSR count). The molecule has 4 nitrogen and oxygen atoms in total. The minimum atomic E-state index is -4.46. The van der Waals surface area contributed by atoms with Crippen molar-refractivity contribution in [3.8, 4) is 5.75 Å². The second-order valence-electron chi connectivity index (χ2n) is 4.67. The van der Waals surface area contributed by atoms with Gasteiger partial charge in [0.25, 0.3) is 0 Å². The molecule has 0 aliphatic rings. The SMILES string of the molecule is CC(=O)Nc1ccc(OC(=O)c2ccc(C(F)(F)F)cc2)cc1. The highest BCUT2D eigenvalue weighted by Gasteiger charge is 2.30. The van der Waals surface area contributed by atoms with Crippen LogP contribution in [0.15, 0.2) is 48.5 Å². The summed E-state index contributed by atoms with van der Waals surface area (Å²) >= 11 is 0. The van der Waals surface area contributed by atoms with Gasteiger partial charge in [0.15, 0.2) is 0 Å². The van der Waals surface area contributed by atoms with Gasteiger partial charge in [0.2, 0.25) is 5.91 Å². The molecular weight excluding hydrogens is 311 g/mol. The molecule has 7 heteroatoms. The van der Waals surface area contributed by atoms with Gasteiger partial charge in [-0.25, -0.2) is 4.79 Å². The summed E-state index contributed by atoms with van der Waals surface area (Å²) in [5.74, 6) is -0.797. The maximum absolute atomic E-state index is 12.4. The van der Waals surface area contributed by atoms with Crippen LogP contribution >= 0.6 is 0 Å². The molecule has 0 aromatic heterocycles. The number of hydrogen-bond donors (Lipinski definition) is 1. The number of ether oxygens (including phenoxy) is 1. The number of anilines is 1. The van der Waals surface area contributed by atoms with Gasteiger partial charge >= 0.3 is 12.1 Å². The van der Waals surface area contributed by atoms with E-state index in [0.29, 0.717) is 5.69 Å². The predicted molar refractivity (Wildman–Crippen MR) is 77.1 cm³/mol. The van der Waals surface area contributed by atoms with Crippen LogP contribution in [0.5, 0.6) is 5.75 Å². The standard InChI is InChI=1S/C16H12F3NO3/c1-10(21)20-13-6-8-14(9-7-13)23-15(22)11-2-4-12(5-3-11)16(17,18)19/h2-9H,1H3,(H,20,21). The van der Waals surface area contributed by atoms with Gasteiger partial charge < -0.3 is 10.1 Å². The summed E-state index contributed by atoms with van der Waals surface area (Å²) in [5.41, 5.74) is -0.301. The van der Waals surface area contributed by atoms with Crippen molar-refractivity contribution in [2.45, 2.75) is 13.1 Å². The summed E-state index contributed by atoms with van der Waals surface area (Å²) < 4.78 is 42.4. The van der Waals surface area contributed by atoms with Crippen LogP contribution in [0.3, 0.4) is 0 Å². The van der Waals surface area contributed by atoms with Gasteiger partial charge in [0.1, 0.15) is 5.75 Å². The number of amides is 1. The van der Waals surface area contributed by atoms with E-state index in [1.165, 1.54) is 31.2 Å². The van der Waals surface area contributed by atoms with Gasteiger partial charge in [0, 0.05) is 12.6 Å². The monoisotopic (exact) mass is 323 g/mol. The summed E-state index contributed by atoms with van der Waals surface area (Å²) in [6.45, 7) is 1.36. The van der Waals surface area contributed by atoms with E-state index in [1.807, 2.05) is 0 Å². The molecule has 0 heterocycles. The van der Waals surface area contributed by atoms with Crippen molar-refractivity contribution in [2.24, 2.45) is 0 Å². The third kappa shape index (κ3) is 4.57. The minimum absolute atomic E-state index is 0.00365. The largest absolute Gasteiger partial charge is 0.423 e. The Kier molecular flexibility index (Phi) is 4.68. The smallest absolute Gasteiger partial charge is 0.416 e. The van der Waals surface area contributed by atoms with Crippen molar-refractivity contribution in [3.05, 3.63) is 59.7 Å². The van der Waals surface area contributed by atoms with Gasteiger partial charge in [0.05, 0.1) is 11.1 Å². The van der Waals surface area contributed by atoms with Crippen molar-refractivity contribution < 1.29 is 27.5 Å². The van der Waals surface area contributed by atoms with E-state index in [-0.39, 0.29) is 17.2 Å². The van der Waals surface area contributed by atoms with Crippen LogP contribution < -0.4 is 10.1 Å². The van der Waals surface area contributed by atoms with Crippen molar-refractivity contribution in [2.75, 3.05) is 5.32 Å². The van der Waals surface area contributed by atoms with Crippen LogP contribution in [0.25, 0.3) is 0 Å². The normalized spacial score (nSPS) is 11.0. The number of carbonyl (C=O) groups is 2. The molecule has 0 unspecified atom stereocenters. The predicted octanol–water partition coefficient (Wildman–Crippen LogP) is 3.88. The molecule has 120 valence electrons.